The lowest BCUT2D eigenvalue weighted by Crippen LogP contribution is -2.33. The van der Waals surface area contributed by atoms with E-state index in [4.69, 9.17) is 9.47 Å². The second kappa shape index (κ2) is 21.2. The summed E-state index contributed by atoms with van der Waals surface area (Å²) in [6, 6.07) is 5.94. The van der Waals surface area contributed by atoms with E-state index in [2.05, 4.69) is 49.6 Å². The van der Waals surface area contributed by atoms with E-state index in [-0.39, 0.29) is 7.72 Å². The number of fused-ring (bicyclic) bond motifs is 1. The predicted molar refractivity (Wildman–Crippen MR) is 157 cm³/mol. The van der Waals surface area contributed by atoms with Gasteiger partial charge in [0.05, 0.1) is 5.76 Å². The summed E-state index contributed by atoms with van der Waals surface area (Å²) >= 11 is 0. The average molecular weight is 490 g/mol. The van der Waals surface area contributed by atoms with Crippen LogP contribution in [0.1, 0.15) is 105 Å². The Morgan fingerprint density at radius 3 is 2.37 bits per heavy atom. The van der Waals surface area contributed by atoms with Gasteiger partial charge in [0.2, 0.25) is 0 Å². The molecule has 1 heterocycles. The molecule has 0 radical (unpaired) electrons. The molecule has 2 N–H and O–H groups in total. The van der Waals surface area contributed by atoms with Gasteiger partial charge in [0.15, 0.2) is 6.29 Å². The second-order valence-electron chi connectivity index (χ2n) is 8.69. The van der Waals surface area contributed by atoms with Gasteiger partial charge in [-0.25, -0.2) is 0 Å². The monoisotopic (exact) mass is 489 g/mol. The van der Waals surface area contributed by atoms with Gasteiger partial charge in [0.25, 0.3) is 0 Å². The molecular formula is C30H55N3O2. The normalized spacial score (nSPS) is 14.3. The van der Waals surface area contributed by atoms with Gasteiger partial charge in [0, 0.05) is 37.7 Å². The summed E-state index contributed by atoms with van der Waals surface area (Å²) in [5, 5.41) is 6.32. The van der Waals surface area contributed by atoms with Gasteiger partial charge in [0.1, 0.15) is 5.76 Å². The third kappa shape index (κ3) is 14.8. The first kappa shape index (κ1) is 32.9. The molecule has 0 amide bonds. The van der Waals surface area contributed by atoms with Crippen LogP contribution in [-0.4, -0.2) is 32.8 Å². The number of nitrogens with one attached hydrogen (secondary N) is 2. The van der Waals surface area contributed by atoms with Crippen LogP contribution in [0.4, 0.5) is 5.69 Å². The molecule has 1 aliphatic heterocycles. The molecule has 0 saturated heterocycles. The van der Waals surface area contributed by atoms with Gasteiger partial charge in [-0.15, -0.1) is 0 Å². The summed E-state index contributed by atoms with van der Waals surface area (Å²) in [4.78, 5) is 4.30. The first-order chi connectivity index (χ1) is 16.9. The fourth-order valence-corrected chi connectivity index (χ4v) is 3.78. The highest BCUT2D eigenvalue weighted by atomic mass is 16.5. The van der Waals surface area contributed by atoms with Crippen molar-refractivity contribution in [1.82, 2.24) is 5.32 Å². The first-order valence-electron chi connectivity index (χ1n) is 13.7. The summed E-state index contributed by atoms with van der Waals surface area (Å²) < 4.78 is 10.9. The summed E-state index contributed by atoms with van der Waals surface area (Å²) in [5.74, 6) is 2.18. The van der Waals surface area contributed by atoms with Gasteiger partial charge in [-0.1, -0.05) is 92.0 Å². The largest absolute Gasteiger partial charge is 0.463 e. The molecule has 2 atom stereocenters. The van der Waals surface area contributed by atoms with Crippen molar-refractivity contribution in [2.45, 2.75) is 99.2 Å². The van der Waals surface area contributed by atoms with Crippen LogP contribution < -0.4 is 10.6 Å². The molecule has 0 spiro atoms. The molecule has 35 heavy (non-hydrogen) atoms. The fraction of sp³-hybridized carbons (Fsp3) is 0.633. The van der Waals surface area contributed by atoms with Crippen molar-refractivity contribution >= 4 is 17.7 Å². The average Bonchev–Trinajstić information content (AvgIpc) is 2.87. The summed E-state index contributed by atoms with van der Waals surface area (Å²) in [7, 11) is 1.85. The molecule has 0 bridgehead atoms. The van der Waals surface area contributed by atoms with Gasteiger partial charge in [-0.05, 0) is 45.2 Å². The zero-order valence-electron chi connectivity index (χ0n) is 23.7. The van der Waals surface area contributed by atoms with Gasteiger partial charge in [-0.2, -0.15) is 0 Å². The quantitative estimate of drug-likeness (QED) is 0.191. The van der Waals surface area contributed by atoms with Crippen LogP contribution in [-0.2, 0) is 9.47 Å². The molecule has 1 aliphatic rings. The molecule has 2 unspecified atom stereocenters. The number of ether oxygens (including phenoxy) is 2. The van der Waals surface area contributed by atoms with Crippen LogP contribution in [0, 0.1) is 5.92 Å². The summed E-state index contributed by atoms with van der Waals surface area (Å²) in [6.07, 6.45) is 12.4. The number of anilines is 1. The highest BCUT2D eigenvalue weighted by Gasteiger charge is 2.13. The molecule has 5 nitrogen and oxygen atoms in total. The van der Waals surface area contributed by atoms with Crippen LogP contribution in [0.3, 0.4) is 0 Å². The SMILES string of the molecule is C=C(C)OC(=C)c1ccc2c(c1)NC(NC)N=C2.CC.CCCCC(CCC)CCCOCCC.[HH]. The molecule has 5 heteroatoms. The Kier molecular flexibility index (Phi) is 19.9. The summed E-state index contributed by atoms with van der Waals surface area (Å²) in [5.41, 5.74) is 2.98. The molecular weight excluding hydrogens is 434 g/mol. The lowest BCUT2D eigenvalue weighted by atomic mass is 9.93. The molecule has 0 fully saturated rings. The summed E-state index contributed by atoms with van der Waals surface area (Å²) in [6.45, 7) is 22.1. The second-order valence-corrected chi connectivity index (χ2v) is 8.69. The number of hydrogen-bond donors (Lipinski definition) is 2. The van der Waals surface area contributed by atoms with Crippen molar-refractivity contribution in [3.05, 3.63) is 48.2 Å². The molecule has 0 aliphatic carbocycles. The van der Waals surface area contributed by atoms with E-state index in [1.807, 2.05) is 45.3 Å². The molecule has 1 aromatic carbocycles. The molecule has 0 saturated carbocycles. The van der Waals surface area contributed by atoms with E-state index in [0.717, 1.165) is 42.4 Å². The standard InChI is InChI=1S/C14H17N3O.C14H30O.C2H6.H2/c1-9(2)18-10(3)11-5-6-12-8-16-14(15-4)17-13(12)7-11;1-4-7-10-14(9-5-2)11-8-13-15-12-6-3;1-2;/h5-8,14-15,17H,1,3H2,2,4H3;14H,4-13H2,1-3H3;1-2H3;1H. The fourth-order valence-electron chi connectivity index (χ4n) is 3.78. The van der Waals surface area contributed by atoms with E-state index in [9.17, 15) is 0 Å². The van der Waals surface area contributed by atoms with Crippen LogP contribution in [0.15, 0.2) is 42.1 Å². The maximum absolute atomic E-state index is 5.52. The predicted octanol–water partition coefficient (Wildman–Crippen LogP) is 8.63. The van der Waals surface area contributed by atoms with E-state index >= 15 is 0 Å². The van der Waals surface area contributed by atoms with E-state index in [1.165, 1.54) is 44.9 Å². The lowest BCUT2D eigenvalue weighted by molar-refractivity contribution is 0.126. The van der Waals surface area contributed by atoms with Crippen molar-refractivity contribution in [2.24, 2.45) is 10.9 Å². The van der Waals surface area contributed by atoms with Crippen molar-refractivity contribution in [2.75, 3.05) is 25.6 Å². The van der Waals surface area contributed by atoms with E-state index in [1.54, 1.807) is 6.92 Å². The van der Waals surface area contributed by atoms with Crippen LogP contribution in [0.25, 0.3) is 5.76 Å². The third-order valence-corrected chi connectivity index (χ3v) is 5.51. The molecule has 0 aromatic heterocycles. The number of hydrogen-bond acceptors (Lipinski definition) is 5. The van der Waals surface area contributed by atoms with Crippen molar-refractivity contribution in [3.8, 4) is 0 Å². The Labute approximate surface area is 218 Å². The number of rotatable bonds is 15. The Hall–Kier alpha value is -2.11. The maximum atomic E-state index is 5.52. The number of unbranched alkanes of at least 4 members (excludes halogenated alkanes) is 1. The topological polar surface area (TPSA) is 54.9 Å². The zero-order chi connectivity index (χ0) is 26.5. The lowest BCUT2D eigenvalue weighted by Gasteiger charge is -2.21. The smallest absolute Gasteiger partial charge is 0.173 e. The Balaban J connectivity index is 0. The van der Waals surface area contributed by atoms with Gasteiger partial charge < -0.3 is 14.8 Å². The third-order valence-electron chi connectivity index (χ3n) is 5.51. The van der Waals surface area contributed by atoms with Crippen LogP contribution in [0.2, 0.25) is 0 Å². The minimum atomic E-state index is -0.0944. The number of aliphatic imine (C=N–C) groups is 1. The van der Waals surface area contributed by atoms with Crippen molar-refractivity contribution in [1.29, 1.82) is 0 Å². The molecule has 1 aromatic rings. The van der Waals surface area contributed by atoms with Crippen LogP contribution >= 0.6 is 0 Å². The Morgan fingerprint density at radius 2 is 1.77 bits per heavy atom. The molecule has 202 valence electrons. The minimum absolute atomic E-state index is 0. The van der Waals surface area contributed by atoms with Crippen molar-refractivity contribution in [3.63, 3.8) is 0 Å². The van der Waals surface area contributed by atoms with Gasteiger partial charge >= 0.3 is 0 Å². The van der Waals surface area contributed by atoms with E-state index in [0.29, 0.717) is 11.5 Å². The molecule has 2 rings (SSSR count). The number of allylic oxidation sites excluding steroid dienone is 1. The zero-order valence-corrected chi connectivity index (χ0v) is 23.7. The highest BCUT2D eigenvalue weighted by molar-refractivity contribution is 5.90. The Morgan fingerprint density at radius 1 is 1.06 bits per heavy atom. The Bertz CT molecular complexity index is 737. The maximum Gasteiger partial charge on any atom is 0.173 e. The van der Waals surface area contributed by atoms with Crippen LogP contribution in [0.5, 0.6) is 0 Å². The number of nitrogens with zero attached hydrogens (tertiary/aromatic N) is 1. The minimum Gasteiger partial charge on any atom is -0.463 e. The highest BCUT2D eigenvalue weighted by Crippen LogP contribution is 2.25. The first-order valence-corrected chi connectivity index (χ1v) is 13.7. The number of benzene rings is 1. The van der Waals surface area contributed by atoms with Crippen molar-refractivity contribution < 1.29 is 10.9 Å². The van der Waals surface area contributed by atoms with Gasteiger partial charge in [-0.3, -0.25) is 10.3 Å². The van der Waals surface area contributed by atoms with E-state index < -0.39 is 0 Å².